The molecule has 0 atom stereocenters. The summed E-state index contributed by atoms with van der Waals surface area (Å²) in [4.78, 5) is 8.85. The molecule has 1 aromatic heterocycles. The fourth-order valence-corrected chi connectivity index (χ4v) is 3.08. The van der Waals surface area contributed by atoms with Crippen molar-refractivity contribution in [1.82, 2.24) is 15.6 Å². The van der Waals surface area contributed by atoms with Crippen molar-refractivity contribution < 1.29 is 4.74 Å². The first-order valence-corrected chi connectivity index (χ1v) is 9.53. The molecule has 2 aromatic rings. The van der Waals surface area contributed by atoms with Gasteiger partial charge in [0.05, 0.1) is 23.4 Å². The summed E-state index contributed by atoms with van der Waals surface area (Å²) in [6.45, 7) is 9.59. The minimum Gasteiger partial charge on any atom is -0.491 e. The molecule has 7 heteroatoms. The number of hydrogen-bond donors (Lipinski definition) is 2. The topological polar surface area (TPSA) is 58.5 Å². The third kappa shape index (κ3) is 7.11. The molecule has 144 valence electrons. The van der Waals surface area contributed by atoms with Gasteiger partial charge in [-0.1, -0.05) is 19.1 Å². The van der Waals surface area contributed by atoms with Crippen LogP contribution in [0.1, 0.15) is 42.6 Å². The van der Waals surface area contributed by atoms with Crippen molar-refractivity contribution in [3.63, 3.8) is 0 Å². The van der Waals surface area contributed by atoms with Gasteiger partial charge in [-0.2, -0.15) is 0 Å². The van der Waals surface area contributed by atoms with E-state index >= 15 is 0 Å². The van der Waals surface area contributed by atoms with E-state index in [2.05, 4.69) is 58.0 Å². The Morgan fingerprint density at radius 3 is 2.62 bits per heavy atom. The number of rotatable bonds is 7. The lowest BCUT2D eigenvalue weighted by molar-refractivity contribution is 0.239. The van der Waals surface area contributed by atoms with E-state index in [9.17, 15) is 0 Å². The van der Waals surface area contributed by atoms with Crippen LogP contribution < -0.4 is 15.4 Å². The smallest absolute Gasteiger partial charge is 0.191 e. The summed E-state index contributed by atoms with van der Waals surface area (Å²) in [5.41, 5.74) is 3.35. The predicted octanol–water partition coefficient (Wildman–Crippen LogP) is 4.28. The van der Waals surface area contributed by atoms with Crippen molar-refractivity contribution in [2.75, 3.05) is 7.05 Å². The molecule has 0 aliphatic heterocycles. The van der Waals surface area contributed by atoms with Crippen LogP contribution in [-0.2, 0) is 19.5 Å². The SMILES string of the molecule is CCc1nc(CNC(=NC)NCc2ccc(C)cc2OC(C)C)cs1.I. The van der Waals surface area contributed by atoms with Crippen LogP contribution in [0.15, 0.2) is 28.6 Å². The standard InChI is InChI=1S/C19H28N4OS.HI/c1-6-18-23-16(12-25-18)11-22-19(20-5)21-10-15-8-7-14(4)9-17(15)24-13(2)3;/h7-9,12-13H,6,10-11H2,1-5H3,(H2,20,21,22);1H. The summed E-state index contributed by atoms with van der Waals surface area (Å²) in [7, 11) is 1.77. The quantitative estimate of drug-likeness (QED) is 0.347. The van der Waals surface area contributed by atoms with Gasteiger partial charge in [-0.15, -0.1) is 35.3 Å². The molecule has 5 nitrogen and oxygen atoms in total. The van der Waals surface area contributed by atoms with Gasteiger partial charge in [0.1, 0.15) is 5.75 Å². The Bertz CT molecular complexity index is 715. The minimum atomic E-state index is 0. The van der Waals surface area contributed by atoms with Crippen LogP contribution in [0.25, 0.3) is 0 Å². The minimum absolute atomic E-state index is 0. The Kier molecular flexibility index (Phi) is 9.93. The number of halogens is 1. The van der Waals surface area contributed by atoms with Crippen LogP contribution in [0.4, 0.5) is 0 Å². The average Bonchev–Trinajstić information content (AvgIpc) is 3.04. The second-order valence-electron chi connectivity index (χ2n) is 6.14. The van der Waals surface area contributed by atoms with E-state index in [0.717, 1.165) is 34.4 Å². The molecule has 0 spiro atoms. The maximum atomic E-state index is 5.93. The highest BCUT2D eigenvalue weighted by atomic mass is 127. The Hall–Kier alpha value is -1.35. The largest absolute Gasteiger partial charge is 0.491 e. The molecule has 0 saturated heterocycles. The van der Waals surface area contributed by atoms with Gasteiger partial charge in [-0.25, -0.2) is 4.98 Å². The monoisotopic (exact) mass is 488 g/mol. The van der Waals surface area contributed by atoms with Crippen LogP contribution in [-0.4, -0.2) is 24.1 Å². The van der Waals surface area contributed by atoms with Gasteiger partial charge in [-0.3, -0.25) is 4.99 Å². The molecule has 1 aromatic carbocycles. The van der Waals surface area contributed by atoms with E-state index in [-0.39, 0.29) is 30.1 Å². The second-order valence-corrected chi connectivity index (χ2v) is 7.09. The van der Waals surface area contributed by atoms with Crippen LogP contribution >= 0.6 is 35.3 Å². The Labute approximate surface area is 177 Å². The fraction of sp³-hybridized carbons (Fsp3) is 0.474. The molecule has 0 bridgehead atoms. The van der Waals surface area contributed by atoms with Crippen LogP contribution in [0.2, 0.25) is 0 Å². The average molecular weight is 488 g/mol. The summed E-state index contributed by atoms with van der Waals surface area (Å²) in [5.74, 6) is 1.67. The van der Waals surface area contributed by atoms with Gasteiger partial charge >= 0.3 is 0 Å². The van der Waals surface area contributed by atoms with Crippen molar-refractivity contribution >= 4 is 41.3 Å². The molecule has 26 heavy (non-hydrogen) atoms. The predicted molar refractivity (Wildman–Crippen MR) is 121 cm³/mol. The number of nitrogens with one attached hydrogen (secondary N) is 2. The molecule has 1 heterocycles. The highest BCUT2D eigenvalue weighted by molar-refractivity contribution is 14.0. The van der Waals surface area contributed by atoms with Crippen molar-refractivity contribution in [3.8, 4) is 5.75 Å². The van der Waals surface area contributed by atoms with Crippen molar-refractivity contribution in [2.24, 2.45) is 4.99 Å². The molecule has 0 fully saturated rings. The lowest BCUT2D eigenvalue weighted by Gasteiger charge is -2.17. The highest BCUT2D eigenvalue weighted by Crippen LogP contribution is 2.21. The van der Waals surface area contributed by atoms with Gasteiger partial charge in [0, 0.05) is 24.5 Å². The summed E-state index contributed by atoms with van der Waals surface area (Å²) < 4.78 is 5.93. The number of guanidine groups is 1. The first kappa shape index (κ1) is 22.7. The third-order valence-corrected chi connectivity index (χ3v) is 4.64. The number of benzene rings is 1. The molecular formula is C19H29IN4OS. The molecule has 2 rings (SSSR count). The Morgan fingerprint density at radius 2 is 2.00 bits per heavy atom. The number of ether oxygens (including phenoxy) is 1. The Morgan fingerprint density at radius 1 is 1.27 bits per heavy atom. The molecular weight excluding hydrogens is 459 g/mol. The van der Waals surface area contributed by atoms with E-state index in [1.54, 1.807) is 18.4 Å². The number of thiazole rings is 1. The van der Waals surface area contributed by atoms with Gasteiger partial charge < -0.3 is 15.4 Å². The van der Waals surface area contributed by atoms with E-state index < -0.39 is 0 Å². The maximum Gasteiger partial charge on any atom is 0.191 e. The lowest BCUT2D eigenvalue weighted by atomic mass is 10.1. The lowest BCUT2D eigenvalue weighted by Crippen LogP contribution is -2.36. The molecule has 0 aliphatic carbocycles. The summed E-state index contributed by atoms with van der Waals surface area (Å²) in [6.07, 6.45) is 1.12. The zero-order valence-electron chi connectivity index (χ0n) is 16.1. The van der Waals surface area contributed by atoms with Crippen molar-refractivity contribution in [3.05, 3.63) is 45.4 Å². The molecule has 0 amide bonds. The normalized spacial score (nSPS) is 11.2. The first-order chi connectivity index (χ1) is 12.0. The van der Waals surface area contributed by atoms with Crippen LogP contribution in [0.5, 0.6) is 5.75 Å². The zero-order valence-corrected chi connectivity index (χ0v) is 19.3. The fourth-order valence-electron chi connectivity index (χ4n) is 2.34. The van der Waals surface area contributed by atoms with E-state index in [4.69, 9.17) is 4.74 Å². The van der Waals surface area contributed by atoms with Gasteiger partial charge in [0.2, 0.25) is 0 Å². The zero-order chi connectivity index (χ0) is 18.2. The molecule has 0 saturated carbocycles. The van der Waals surface area contributed by atoms with Crippen molar-refractivity contribution in [2.45, 2.75) is 53.3 Å². The summed E-state index contributed by atoms with van der Waals surface area (Å²) in [6, 6.07) is 6.28. The highest BCUT2D eigenvalue weighted by Gasteiger charge is 2.08. The number of nitrogens with zero attached hydrogens (tertiary/aromatic N) is 2. The molecule has 2 N–H and O–H groups in total. The molecule has 0 aliphatic rings. The van der Waals surface area contributed by atoms with Crippen molar-refractivity contribution in [1.29, 1.82) is 0 Å². The van der Waals surface area contributed by atoms with Gasteiger partial charge in [0.15, 0.2) is 5.96 Å². The number of aryl methyl sites for hydroxylation is 2. The summed E-state index contributed by atoms with van der Waals surface area (Å²) in [5, 5.41) is 9.90. The van der Waals surface area contributed by atoms with E-state index in [0.29, 0.717) is 13.1 Å². The number of aliphatic imine (C=N–C) groups is 1. The van der Waals surface area contributed by atoms with E-state index in [1.807, 2.05) is 13.8 Å². The van der Waals surface area contributed by atoms with E-state index in [1.165, 1.54) is 5.56 Å². The molecule has 0 unspecified atom stereocenters. The van der Waals surface area contributed by atoms with Gasteiger partial charge in [-0.05, 0) is 38.8 Å². The summed E-state index contributed by atoms with van der Waals surface area (Å²) >= 11 is 1.70. The number of hydrogen-bond acceptors (Lipinski definition) is 4. The maximum absolute atomic E-state index is 5.93. The first-order valence-electron chi connectivity index (χ1n) is 8.65. The Balaban J connectivity index is 0.00000338. The molecule has 0 radical (unpaired) electrons. The van der Waals surface area contributed by atoms with Crippen LogP contribution in [0.3, 0.4) is 0 Å². The second kappa shape index (κ2) is 11.4. The van der Waals surface area contributed by atoms with Crippen LogP contribution in [0, 0.1) is 6.92 Å². The van der Waals surface area contributed by atoms with Gasteiger partial charge in [0.25, 0.3) is 0 Å². The number of aromatic nitrogens is 1. The third-order valence-electron chi connectivity index (χ3n) is 3.59.